The van der Waals surface area contributed by atoms with Gasteiger partial charge in [0.15, 0.2) is 0 Å². The maximum absolute atomic E-state index is 9.67. The van der Waals surface area contributed by atoms with E-state index in [1.165, 1.54) is 11.1 Å². The van der Waals surface area contributed by atoms with Gasteiger partial charge in [-0.15, -0.1) is 11.8 Å². The highest BCUT2D eigenvalue weighted by Crippen LogP contribution is 2.48. The molecule has 0 saturated carbocycles. The molecule has 1 heterocycles. The molecule has 0 aromatic rings. The van der Waals surface area contributed by atoms with Crippen molar-refractivity contribution in [2.75, 3.05) is 12.4 Å². The van der Waals surface area contributed by atoms with Crippen LogP contribution in [0.1, 0.15) is 33.1 Å². The van der Waals surface area contributed by atoms with Crippen molar-refractivity contribution in [3.8, 4) is 0 Å². The van der Waals surface area contributed by atoms with Crippen molar-refractivity contribution in [2.24, 2.45) is 0 Å². The average molecular weight is 214 g/mol. The monoisotopic (exact) mass is 214 g/mol. The van der Waals surface area contributed by atoms with E-state index >= 15 is 0 Å². The SMILES string of the molecule is CC1=C([C@@H](C)O)CCC[C@]12OCCS2. The molecule has 1 aliphatic heterocycles. The Bertz CT molecular complexity index is 252. The van der Waals surface area contributed by atoms with Gasteiger partial charge in [0, 0.05) is 5.75 Å². The Balaban J connectivity index is 2.31. The van der Waals surface area contributed by atoms with Gasteiger partial charge in [0.25, 0.3) is 0 Å². The molecule has 1 fully saturated rings. The first-order valence-corrected chi connectivity index (χ1v) is 6.30. The van der Waals surface area contributed by atoms with E-state index in [0.717, 1.165) is 31.6 Å². The van der Waals surface area contributed by atoms with Gasteiger partial charge >= 0.3 is 0 Å². The van der Waals surface area contributed by atoms with Crippen LogP contribution in [0, 0.1) is 0 Å². The van der Waals surface area contributed by atoms with Crippen LogP contribution in [0.5, 0.6) is 0 Å². The van der Waals surface area contributed by atoms with Crippen LogP contribution in [0.25, 0.3) is 0 Å². The summed E-state index contributed by atoms with van der Waals surface area (Å²) in [4.78, 5) is -0.0788. The maximum Gasteiger partial charge on any atom is 0.135 e. The van der Waals surface area contributed by atoms with E-state index in [1.54, 1.807) is 0 Å². The molecule has 0 aromatic carbocycles. The Morgan fingerprint density at radius 3 is 2.93 bits per heavy atom. The van der Waals surface area contributed by atoms with Crippen LogP contribution in [-0.2, 0) is 4.74 Å². The Morgan fingerprint density at radius 2 is 2.36 bits per heavy atom. The Hall–Kier alpha value is 0.0100. The van der Waals surface area contributed by atoms with Gasteiger partial charge in [-0.1, -0.05) is 0 Å². The van der Waals surface area contributed by atoms with Gasteiger partial charge in [0.05, 0.1) is 12.7 Å². The van der Waals surface area contributed by atoms with Gasteiger partial charge < -0.3 is 9.84 Å². The van der Waals surface area contributed by atoms with E-state index in [9.17, 15) is 5.11 Å². The van der Waals surface area contributed by atoms with Crippen molar-refractivity contribution in [3.63, 3.8) is 0 Å². The topological polar surface area (TPSA) is 29.5 Å². The second-order valence-corrected chi connectivity index (χ2v) is 5.49. The zero-order valence-corrected chi connectivity index (χ0v) is 9.69. The summed E-state index contributed by atoms with van der Waals surface area (Å²) in [7, 11) is 0. The number of aliphatic hydroxyl groups is 1. The molecule has 0 bridgehead atoms. The summed E-state index contributed by atoms with van der Waals surface area (Å²) >= 11 is 1.90. The summed E-state index contributed by atoms with van der Waals surface area (Å²) in [5.74, 6) is 1.09. The highest BCUT2D eigenvalue weighted by Gasteiger charge is 2.41. The van der Waals surface area contributed by atoms with Crippen molar-refractivity contribution < 1.29 is 9.84 Å². The smallest absolute Gasteiger partial charge is 0.135 e. The molecule has 1 saturated heterocycles. The van der Waals surface area contributed by atoms with Crippen LogP contribution in [0.2, 0.25) is 0 Å². The molecule has 2 atom stereocenters. The number of thioether (sulfide) groups is 1. The molecule has 1 aliphatic carbocycles. The first-order chi connectivity index (χ1) is 6.66. The molecule has 80 valence electrons. The normalized spacial score (nSPS) is 35.4. The molecular weight excluding hydrogens is 196 g/mol. The van der Waals surface area contributed by atoms with Gasteiger partial charge in [-0.2, -0.15) is 0 Å². The zero-order valence-electron chi connectivity index (χ0n) is 8.88. The summed E-state index contributed by atoms with van der Waals surface area (Å²) in [6, 6.07) is 0. The standard InChI is InChI=1S/C11H18O2S/c1-8-10(9(2)12)4-3-5-11(8)13-6-7-14-11/h9,12H,3-7H2,1-2H3/t9-,11-/m1/s1. The van der Waals surface area contributed by atoms with Gasteiger partial charge in [-0.25, -0.2) is 0 Å². The molecule has 3 heteroatoms. The molecular formula is C11H18O2S. The largest absolute Gasteiger partial charge is 0.389 e. The van der Waals surface area contributed by atoms with Crippen molar-refractivity contribution in [3.05, 3.63) is 11.1 Å². The molecule has 2 rings (SSSR count). The van der Waals surface area contributed by atoms with E-state index in [1.807, 2.05) is 18.7 Å². The van der Waals surface area contributed by atoms with Gasteiger partial charge in [-0.05, 0) is 44.3 Å². The van der Waals surface area contributed by atoms with Gasteiger partial charge in [0.1, 0.15) is 4.93 Å². The minimum Gasteiger partial charge on any atom is -0.389 e. The molecule has 0 aromatic heterocycles. The van der Waals surface area contributed by atoms with E-state index in [4.69, 9.17) is 4.74 Å². The van der Waals surface area contributed by atoms with Crippen molar-refractivity contribution >= 4 is 11.8 Å². The average Bonchev–Trinajstić information content (AvgIpc) is 2.59. The fourth-order valence-corrected chi connectivity index (χ4v) is 3.77. The quantitative estimate of drug-likeness (QED) is 0.679. The summed E-state index contributed by atoms with van der Waals surface area (Å²) in [5, 5.41) is 9.67. The minimum absolute atomic E-state index is 0.0788. The number of hydrogen-bond donors (Lipinski definition) is 1. The van der Waals surface area contributed by atoms with Gasteiger partial charge in [-0.3, -0.25) is 0 Å². The van der Waals surface area contributed by atoms with Crippen molar-refractivity contribution in [2.45, 2.75) is 44.1 Å². The predicted molar refractivity (Wildman–Crippen MR) is 59.4 cm³/mol. The third-order valence-corrected chi connectivity index (χ3v) is 4.73. The molecule has 0 radical (unpaired) electrons. The lowest BCUT2D eigenvalue weighted by Gasteiger charge is -2.35. The Labute approximate surface area is 89.7 Å². The maximum atomic E-state index is 9.67. The second-order valence-electron chi connectivity index (χ2n) is 4.13. The minimum atomic E-state index is -0.308. The predicted octanol–water partition coefficient (Wildman–Crippen LogP) is 2.33. The van der Waals surface area contributed by atoms with Crippen molar-refractivity contribution in [1.82, 2.24) is 0 Å². The second kappa shape index (κ2) is 3.87. The Morgan fingerprint density at radius 1 is 1.57 bits per heavy atom. The lowest BCUT2D eigenvalue weighted by Crippen LogP contribution is -2.32. The summed E-state index contributed by atoms with van der Waals surface area (Å²) in [5.41, 5.74) is 2.48. The van der Waals surface area contributed by atoms with Gasteiger partial charge in [0.2, 0.25) is 0 Å². The van der Waals surface area contributed by atoms with E-state index in [0.29, 0.717) is 0 Å². The fourth-order valence-electron chi connectivity index (χ4n) is 2.47. The molecule has 1 spiro atoms. The fraction of sp³-hybridized carbons (Fsp3) is 0.818. The zero-order chi connectivity index (χ0) is 10.2. The number of hydrogen-bond acceptors (Lipinski definition) is 3. The highest BCUT2D eigenvalue weighted by molar-refractivity contribution is 8.00. The molecule has 14 heavy (non-hydrogen) atoms. The molecule has 1 N–H and O–H groups in total. The first kappa shape index (κ1) is 10.5. The van der Waals surface area contributed by atoms with Crippen LogP contribution in [0.3, 0.4) is 0 Å². The molecule has 0 amide bonds. The van der Waals surface area contributed by atoms with Crippen molar-refractivity contribution in [1.29, 1.82) is 0 Å². The lowest BCUT2D eigenvalue weighted by atomic mass is 9.87. The highest BCUT2D eigenvalue weighted by atomic mass is 32.2. The third kappa shape index (κ3) is 1.62. The number of ether oxygens (including phenoxy) is 1. The molecule has 0 unspecified atom stereocenters. The van der Waals surface area contributed by atoms with Crippen LogP contribution in [0.15, 0.2) is 11.1 Å². The van der Waals surface area contributed by atoms with Crippen LogP contribution < -0.4 is 0 Å². The number of aliphatic hydroxyl groups excluding tert-OH is 1. The Kier molecular flexibility index (Phi) is 2.91. The van der Waals surface area contributed by atoms with Crippen LogP contribution in [0.4, 0.5) is 0 Å². The first-order valence-electron chi connectivity index (χ1n) is 5.32. The summed E-state index contributed by atoms with van der Waals surface area (Å²) in [6.07, 6.45) is 2.98. The summed E-state index contributed by atoms with van der Waals surface area (Å²) in [6.45, 7) is 4.84. The third-order valence-electron chi connectivity index (χ3n) is 3.26. The van der Waals surface area contributed by atoms with Crippen LogP contribution >= 0.6 is 11.8 Å². The summed E-state index contributed by atoms with van der Waals surface area (Å²) < 4.78 is 5.87. The molecule has 2 aliphatic rings. The molecule has 2 nitrogen and oxygen atoms in total. The van der Waals surface area contributed by atoms with E-state index < -0.39 is 0 Å². The lowest BCUT2D eigenvalue weighted by molar-refractivity contribution is 0.0621. The van der Waals surface area contributed by atoms with Crippen LogP contribution in [-0.4, -0.2) is 28.5 Å². The number of rotatable bonds is 1. The van der Waals surface area contributed by atoms with E-state index in [2.05, 4.69) is 6.92 Å². The van der Waals surface area contributed by atoms with E-state index in [-0.39, 0.29) is 11.0 Å².